The van der Waals surface area contributed by atoms with E-state index in [0.29, 0.717) is 0 Å². The van der Waals surface area contributed by atoms with Gasteiger partial charge >= 0.3 is 0 Å². The van der Waals surface area contributed by atoms with Crippen LogP contribution in [0.15, 0.2) is 34.8 Å². The van der Waals surface area contributed by atoms with Crippen molar-refractivity contribution in [1.29, 1.82) is 0 Å². The van der Waals surface area contributed by atoms with Gasteiger partial charge in [0.15, 0.2) is 0 Å². The molecule has 0 atom stereocenters. The largest absolute Gasteiger partial charge is 0.107 e. The molecule has 0 aromatic heterocycles. The maximum absolute atomic E-state index is 5.44. The van der Waals surface area contributed by atoms with E-state index in [1.807, 2.05) is 30.3 Å². The molecule has 0 spiro atoms. The van der Waals surface area contributed by atoms with Gasteiger partial charge in [-0.25, -0.2) is 0 Å². The molecule has 0 aliphatic rings. The van der Waals surface area contributed by atoms with E-state index in [4.69, 9.17) is 23.2 Å². The van der Waals surface area contributed by atoms with Crippen LogP contribution in [0.5, 0.6) is 0 Å². The van der Waals surface area contributed by atoms with Gasteiger partial charge in [0.1, 0.15) is 4.49 Å². The summed E-state index contributed by atoms with van der Waals surface area (Å²) in [5.74, 6) is 0. The molecule has 0 bridgehead atoms. The van der Waals surface area contributed by atoms with E-state index < -0.39 is 0 Å². The standard InChI is InChI=1S/C8H6Cl2.Ru/c9-8(10)6-7-4-2-1-3-5-7;/h1-6H;. The van der Waals surface area contributed by atoms with Gasteiger partial charge in [-0.2, -0.15) is 0 Å². The molecule has 0 saturated carbocycles. The topological polar surface area (TPSA) is 0 Å². The second kappa shape index (κ2) is 5.77. The first-order chi connectivity index (χ1) is 4.79. The molecule has 0 unspecified atom stereocenters. The normalized spacial score (nSPS) is 8.18. The van der Waals surface area contributed by atoms with Crippen LogP contribution in [-0.4, -0.2) is 0 Å². The third kappa shape index (κ3) is 4.58. The summed E-state index contributed by atoms with van der Waals surface area (Å²) >= 11 is 10.9. The van der Waals surface area contributed by atoms with Crippen molar-refractivity contribution in [3.05, 3.63) is 40.4 Å². The summed E-state index contributed by atoms with van der Waals surface area (Å²) in [7, 11) is 0. The molecule has 3 heteroatoms. The molecule has 0 amide bonds. The molecule has 0 fully saturated rings. The molecule has 1 rings (SSSR count). The minimum Gasteiger partial charge on any atom is -0.0709 e. The fourth-order valence-corrected chi connectivity index (χ4v) is 0.927. The number of rotatable bonds is 1. The number of halogens is 2. The molecule has 0 radical (unpaired) electrons. The first-order valence-corrected chi connectivity index (χ1v) is 3.62. The minimum absolute atomic E-state index is 0. The van der Waals surface area contributed by atoms with Gasteiger partial charge in [-0.15, -0.1) is 0 Å². The maximum Gasteiger partial charge on any atom is 0.107 e. The van der Waals surface area contributed by atoms with Crippen LogP contribution in [0.3, 0.4) is 0 Å². The Morgan fingerprint density at radius 3 is 2.09 bits per heavy atom. The zero-order valence-electron chi connectivity index (χ0n) is 5.57. The van der Waals surface area contributed by atoms with Crippen molar-refractivity contribution >= 4 is 29.3 Å². The molecular formula is C8H6Cl2Ru. The van der Waals surface area contributed by atoms with Gasteiger partial charge in [0.25, 0.3) is 0 Å². The van der Waals surface area contributed by atoms with Crippen molar-refractivity contribution in [1.82, 2.24) is 0 Å². The number of benzene rings is 1. The van der Waals surface area contributed by atoms with Gasteiger partial charge in [-0.1, -0.05) is 53.5 Å². The van der Waals surface area contributed by atoms with Crippen LogP contribution in [-0.2, 0) is 19.5 Å². The van der Waals surface area contributed by atoms with E-state index in [-0.39, 0.29) is 24.0 Å². The van der Waals surface area contributed by atoms with Crippen molar-refractivity contribution in [2.24, 2.45) is 0 Å². The maximum atomic E-state index is 5.44. The molecule has 0 N–H and O–H groups in total. The summed E-state index contributed by atoms with van der Waals surface area (Å²) in [5, 5.41) is 0. The number of hydrogen-bond acceptors (Lipinski definition) is 0. The molecule has 1 aromatic carbocycles. The predicted molar refractivity (Wildman–Crippen MR) is 46.1 cm³/mol. The zero-order chi connectivity index (χ0) is 7.40. The third-order valence-electron chi connectivity index (χ3n) is 1.08. The van der Waals surface area contributed by atoms with Crippen molar-refractivity contribution < 1.29 is 19.5 Å². The molecule has 0 nitrogen and oxygen atoms in total. The van der Waals surface area contributed by atoms with Crippen molar-refractivity contribution in [2.75, 3.05) is 0 Å². The van der Waals surface area contributed by atoms with E-state index in [0.717, 1.165) is 5.56 Å². The van der Waals surface area contributed by atoms with Crippen molar-refractivity contribution in [3.8, 4) is 0 Å². The summed E-state index contributed by atoms with van der Waals surface area (Å²) < 4.78 is 0.284. The van der Waals surface area contributed by atoms with Crippen LogP contribution >= 0.6 is 23.2 Å². The van der Waals surface area contributed by atoms with Crippen LogP contribution < -0.4 is 0 Å². The van der Waals surface area contributed by atoms with E-state index in [2.05, 4.69) is 0 Å². The Labute approximate surface area is 89.0 Å². The average Bonchev–Trinajstić information content (AvgIpc) is 1.88. The number of hydrogen-bond donors (Lipinski definition) is 0. The second-order valence-corrected chi connectivity index (χ2v) is 2.85. The average molecular weight is 274 g/mol. The van der Waals surface area contributed by atoms with Gasteiger partial charge in [0, 0.05) is 19.5 Å². The van der Waals surface area contributed by atoms with Crippen molar-refractivity contribution in [3.63, 3.8) is 0 Å². The quantitative estimate of drug-likeness (QED) is 0.688. The van der Waals surface area contributed by atoms with Gasteiger partial charge in [-0.05, 0) is 11.6 Å². The van der Waals surface area contributed by atoms with Gasteiger partial charge in [0.2, 0.25) is 0 Å². The van der Waals surface area contributed by atoms with Crippen LogP contribution in [0.1, 0.15) is 5.56 Å². The Balaban J connectivity index is 0.000001000. The summed E-state index contributed by atoms with van der Waals surface area (Å²) in [6.07, 6.45) is 1.70. The molecule has 60 valence electrons. The van der Waals surface area contributed by atoms with E-state index in [9.17, 15) is 0 Å². The van der Waals surface area contributed by atoms with E-state index in [1.54, 1.807) is 6.08 Å². The smallest absolute Gasteiger partial charge is 0.0709 e. The van der Waals surface area contributed by atoms with Gasteiger partial charge in [0.05, 0.1) is 0 Å². The Morgan fingerprint density at radius 2 is 1.64 bits per heavy atom. The molecule has 0 heterocycles. The molecule has 0 saturated heterocycles. The Kier molecular flexibility index (Phi) is 5.85. The zero-order valence-corrected chi connectivity index (χ0v) is 8.82. The van der Waals surface area contributed by atoms with Crippen LogP contribution in [0.4, 0.5) is 0 Å². The molecule has 11 heavy (non-hydrogen) atoms. The van der Waals surface area contributed by atoms with Gasteiger partial charge in [-0.3, -0.25) is 0 Å². The first kappa shape index (κ1) is 11.2. The molecule has 0 aliphatic heterocycles. The van der Waals surface area contributed by atoms with Crippen molar-refractivity contribution in [2.45, 2.75) is 0 Å². The predicted octanol–water partition coefficient (Wildman–Crippen LogP) is 3.46. The van der Waals surface area contributed by atoms with E-state index >= 15 is 0 Å². The molecule has 0 aliphatic carbocycles. The SMILES string of the molecule is ClC(Cl)=Cc1ccccc1.[Ru]. The molecule has 1 aromatic rings. The summed E-state index contributed by atoms with van der Waals surface area (Å²) in [4.78, 5) is 0. The van der Waals surface area contributed by atoms with Crippen LogP contribution in [0.25, 0.3) is 6.08 Å². The Hall–Kier alpha value is 0.163. The summed E-state index contributed by atoms with van der Waals surface area (Å²) in [6, 6.07) is 9.68. The van der Waals surface area contributed by atoms with Crippen LogP contribution in [0.2, 0.25) is 0 Å². The Bertz CT molecular complexity index is 227. The van der Waals surface area contributed by atoms with Crippen LogP contribution in [0, 0.1) is 0 Å². The molecular weight excluding hydrogens is 268 g/mol. The van der Waals surface area contributed by atoms with E-state index in [1.165, 1.54) is 0 Å². The Morgan fingerprint density at radius 1 is 1.09 bits per heavy atom. The third-order valence-corrected chi connectivity index (χ3v) is 1.29. The first-order valence-electron chi connectivity index (χ1n) is 2.87. The fourth-order valence-electron chi connectivity index (χ4n) is 0.675. The summed E-state index contributed by atoms with van der Waals surface area (Å²) in [5.41, 5.74) is 1.02. The minimum atomic E-state index is 0. The summed E-state index contributed by atoms with van der Waals surface area (Å²) in [6.45, 7) is 0. The monoisotopic (exact) mass is 274 g/mol. The van der Waals surface area contributed by atoms with Gasteiger partial charge < -0.3 is 0 Å². The fraction of sp³-hybridized carbons (Fsp3) is 0. The second-order valence-electron chi connectivity index (χ2n) is 1.84.